The normalized spacial score (nSPS) is 12.5. The molecule has 0 spiro atoms. The Morgan fingerprint density at radius 3 is 2.44 bits per heavy atom. The first-order chi connectivity index (χ1) is 11.9. The Balaban J connectivity index is 2.28. The molecule has 0 amide bonds. The molecule has 132 valence electrons. The van der Waals surface area contributed by atoms with Crippen LogP contribution in [0.1, 0.15) is 25.8 Å². The predicted molar refractivity (Wildman–Crippen MR) is 99.1 cm³/mol. The summed E-state index contributed by atoms with van der Waals surface area (Å²) in [5, 5.41) is 3.35. The van der Waals surface area contributed by atoms with Gasteiger partial charge in [-0.2, -0.15) is 4.98 Å². The maximum Gasteiger partial charge on any atom is 0.332 e. The molecule has 1 atom stereocenters. The Bertz CT molecular complexity index is 1010. The van der Waals surface area contributed by atoms with Crippen molar-refractivity contribution in [3.05, 3.63) is 56.7 Å². The third kappa shape index (κ3) is 2.97. The molecule has 25 heavy (non-hydrogen) atoms. The number of nitrogens with one attached hydrogen (secondary N) is 1. The number of nitrogens with zero attached hydrogens (tertiary/aromatic N) is 4. The molecule has 2 heterocycles. The van der Waals surface area contributed by atoms with Crippen molar-refractivity contribution in [1.29, 1.82) is 0 Å². The van der Waals surface area contributed by atoms with E-state index in [-0.39, 0.29) is 17.3 Å². The summed E-state index contributed by atoms with van der Waals surface area (Å²) in [7, 11) is 3.13. The van der Waals surface area contributed by atoms with Gasteiger partial charge in [0.05, 0.1) is 6.54 Å². The number of aryl methyl sites for hydroxylation is 1. The van der Waals surface area contributed by atoms with Crippen molar-refractivity contribution in [2.75, 3.05) is 5.32 Å². The molecule has 3 rings (SSSR count). The van der Waals surface area contributed by atoms with Crippen LogP contribution < -0.4 is 16.6 Å². The number of hydrogen-bond donors (Lipinski definition) is 1. The maximum atomic E-state index is 12.7. The molecule has 0 aliphatic heterocycles. The van der Waals surface area contributed by atoms with Gasteiger partial charge in [-0.15, -0.1) is 0 Å². The van der Waals surface area contributed by atoms with E-state index in [1.54, 1.807) is 7.05 Å². The van der Waals surface area contributed by atoms with E-state index < -0.39 is 0 Å². The van der Waals surface area contributed by atoms with Gasteiger partial charge in [0, 0.05) is 20.1 Å². The standard InChI is InChI=1S/C18H23N5O2/c1-5-12(2)19-17-20-15-14(16(24)22(4)18(25)21(15)3)23(17)11-13-9-7-6-8-10-13/h6-10,12H,5,11H2,1-4H3,(H,19,20)/t12-/m1/s1. The SMILES string of the molecule is CC[C@@H](C)Nc1nc2c(c(=O)n(C)c(=O)n2C)n1Cc1ccccc1. The lowest BCUT2D eigenvalue weighted by atomic mass is 10.2. The summed E-state index contributed by atoms with van der Waals surface area (Å²) in [4.78, 5) is 29.5. The van der Waals surface area contributed by atoms with E-state index in [4.69, 9.17) is 0 Å². The van der Waals surface area contributed by atoms with E-state index in [1.807, 2.05) is 34.9 Å². The van der Waals surface area contributed by atoms with Crippen molar-refractivity contribution in [2.24, 2.45) is 14.1 Å². The molecule has 0 aliphatic carbocycles. The van der Waals surface area contributed by atoms with E-state index in [1.165, 1.54) is 11.6 Å². The lowest BCUT2D eigenvalue weighted by Crippen LogP contribution is -2.37. The molecule has 0 unspecified atom stereocenters. The zero-order valence-electron chi connectivity index (χ0n) is 15.0. The summed E-state index contributed by atoms with van der Waals surface area (Å²) in [5.41, 5.74) is 1.18. The van der Waals surface area contributed by atoms with Crippen LogP contribution in [-0.2, 0) is 20.6 Å². The van der Waals surface area contributed by atoms with Gasteiger partial charge in [-0.05, 0) is 18.9 Å². The van der Waals surface area contributed by atoms with Gasteiger partial charge in [0.2, 0.25) is 5.95 Å². The molecule has 0 saturated heterocycles. The van der Waals surface area contributed by atoms with E-state index in [0.29, 0.717) is 23.7 Å². The van der Waals surface area contributed by atoms with Gasteiger partial charge in [-0.25, -0.2) is 4.79 Å². The van der Waals surface area contributed by atoms with Gasteiger partial charge in [-0.1, -0.05) is 37.3 Å². The summed E-state index contributed by atoms with van der Waals surface area (Å²) >= 11 is 0. The number of benzene rings is 1. The molecule has 7 nitrogen and oxygen atoms in total. The van der Waals surface area contributed by atoms with E-state index in [9.17, 15) is 9.59 Å². The Hall–Kier alpha value is -2.83. The average Bonchev–Trinajstić information content (AvgIpc) is 2.97. The van der Waals surface area contributed by atoms with E-state index in [2.05, 4.69) is 24.1 Å². The summed E-state index contributed by atoms with van der Waals surface area (Å²) < 4.78 is 4.40. The monoisotopic (exact) mass is 341 g/mol. The van der Waals surface area contributed by atoms with Crippen LogP contribution in [0.15, 0.2) is 39.9 Å². The maximum absolute atomic E-state index is 12.7. The fraction of sp³-hybridized carbons (Fsp3) is 0.389. The quantitative estimate of drug-likeness (QED) is 0.766. The van der Waals surface area contributed by atoms with Crippen molar-refractivity contribution >= 4 is 17.1 Å². The zero-order chi connectivity index (χ0) is 18.1. The van der Waals surface area contributed by atoms with Crippen LogP contribution in [0.3, 0.4) is 0 Å². The first kappa shape index (κ1) is 17.0. The fourth-order valence-electron chi connectivity index (χ4n) is 2.80. The number of anilines is 1. The van der Waals surface area contributed by atoms with Crippen molar-refractivity contribution in [3.8, 4) is 0 Å². The highest BCUT2D eigenvalue weighted by Crippen LogP contribution is 2.19. The molecule has 1 N–H and O–H groups in total. The van der Waals surface area contributed by atoms with Crippen molar-refractivity contribution in [1.82, 2.24) is 18.7 Å². The predicted octanol–water partition coefficient (Wildman–Crippen LogP) is 1.69. The third-order valence-corrected chi connectivity index (χ3v) is 4.52. The first-order valence-corrected chi connectivity index (χ1v) is 8.40. The van der Waals surface area contributed by atoms with Crippen LogP contribution >= 0.6 is 0 Å². The van der Waals surface area contributed by atoms with Crippen LogP contribution in [-0.4, -0.2) is 24.7 Å². The lowest BCUT2D eigenvalue weighted by Gasteiger charge is -2.14. The van der Waals surface area contributed by atoms with Gasteiger partial charge in [-0.3, -0.25) is 18.5 Å². The van der Waals surface area contributed by atoms with Crippen molar-refractivity contribution < 1.29 is 0 Å². The third-order valence-electron chi connectivity index (χ3n) is 4.52. The molecule has 7 heteroatoms. The highest BCUT2D eigenvalue weighted by molar-refractivity contribution is 5.74. The second-order valence-electron chi connectivity index (χ2n) is 6.34. The van der Waals surface area contributed by atoms with Gasteiger partial charge < -0.3 is 5.32 Å². The molecule has 0 bridgehead atoms. The average molecular weight is 341 g/mol. The minimum Gasteiger partial charge on any atom is -0.353 e. The number of hydrogen-bond acceptors (Lipinski definition) is 4. The largest absolute Gasteiger partial charge is 0.353 e. The van der Waals surface area contributed by atoms with Crippen LogP contribution in [0, 0.1) is 0 Å². The molecule has 3 aromatic rings. The number of rotatable bonds is 5. The second-order valence-corrected chi connectivity index (χ2v) is 6.34. The van der Waals surface area contributed by atoms with Crippen molar-refractivity contribution in [3.63, 3.8) is 0 Å². The molecular weight excluding hydrogens is 318 g/mol. The topological polar surface area (TPSA) is 73.8 Å². The minimum absolute atomic E-state index is 0.201. The Morgan fingerprint density at radius 1 is 1.12 bits per heavy atom. The lowest BCUT2D eigenvalue weighted by molar-refractivity contribution is 0.701. The number of imidazole rings is 1. The molecule has 2 aromatic heterocycles. The fourth-order valence-corrected chi connectivity index (χ4v) is 2.80. The molecule has 0 radical (unpaired) electrons. The molecule has 0 fully saturated rings. The Kier molecular flexibility index (Phi) is 4.48. The van der Waals surface area contributed by atoms with Gasteiger partial charge in [0.25, 0.3) is 5.56 Å². The molecule has 0 aliphatic rings. The summed E-state index contributed by atoms with van der Waals surface area (Å²) in [6, 6.07) is 10.1. The first-order valence-electron chi connectivity index (χ1n) is 8.40. The summed E-state index contributed by atoms with van der Waals surface area (Å²) in [6.07, 6.45) is 0.922. The van der Waals surface area contributed by atoms with Gasteiger partial charge >= 0.3 is 5.69 Å². The summed E-state index contributed by atoms with van der Waals surface area (Å²) in [6.45, 7) is 4.64. The van der Waals surface area contributed by atoms with E-state index >= 15 is 0 Å². The van der Waals surface area contributed by atoms with E-state index in [0.717, 1.165) is 16.6 Å². The van der Waals surface area contributed by atoms with Crippen molar-refractivity contribution in [2.45, 2.75) is 32.9 Å². The van der Waals surface area contributed by atoms with Gasteiger partial charge in [0.15, 0.2) is 11.2 Å². The Morgan fingerprint density at radius 2 is 1.80 bits per heavy atom. The second kappa shape index (κ2) is 6.58. The van der Waals surface area contributed by atoms with Crippen LogP contribution in [0.5, 0.6) is 0 Å². The zero-order valence-corrected chi connectivity index (χ0v) is 15.0. The number of aromatic nitrogens is 4. The molecular formula is C18H23N5O2. The van der Waals surface area contributed by atoms with Crippen LogP contribution in [0.25, 0.3) is 11.2 Å². The highest BCUT2D eigenvalue weighted by atomic mass is 16.2. The summed E-state index contributed by atoms with van der Waals surface area (Å²) in [5.74, 6) is 0.603. The number of fused-ring (bicyclic) bond motifs is 1. The van der Waals surface area contributed by atoms with Crippen LogP contribution in [0.2, 0.25) is 0 Å². The molecule has 1 aromatic carbocycles. The van der Waals surface area contributed by atoms with Gasteiger partial charge in [0.1, 0.15) is 0 Å². The molecule has 0 saturated carbocycles. The van der Waals surface area contributed by atoms with Crippen LogP contribution in [0.4, 0.5) is 5.95 Å². The smallest absolute Gasteiger partial charge is 0.332 e. The Labute approximate surface area is 145 Å². The minimum atomic E-state index is -0.378. The highest BCUT2D eigenvalue weighted by Gasteiger charge is 2.20.